The summed E-state index contributed by atoms with van der Waals surface area (Å²) in [5.74, 6) is 2.95. The highest BCUT2D eigenvalue weighted by molar-refractivity contribution is 5.65. The fourth-order valence-electron chi connectivity index (χ4n) is 8.04. The SMILES string of the molecule is CC(C)CN(CC(C)C)[C@H]1CCc2ccc(Nc3nc(N)n(-c4cc(C56C=CC(=CC5)CC6)c5c(n4)CCCN5)n3)cc2CC1. The molecule has 0 spiro atoms. The number of allylic oxidation sites excluding steroid dienone is 4. The van der Waals surface area contributed by atoms with E-state index in [4.69, 9.17) is 15.8 Å². The van der Waals surface area contributed by atoms with E-state index in [1.54, 1.807) is 4.68 Å². The number of nitrogens with zero attached hydrogens (tertiary/aromatic N) is 5. The van der Waals surface area contributed by atoms with Crippen LogP contribution in [-0.4, -0.2) is 50.3 Å². The Kier molecular flexibility index (Phi) is 8.19. The number of aryl methyl sites for hydroxylation is 3. The van der Waals surface area contributed by atoms with Gasteiger partial charge in [-0.2, -0.15) is 9.67 Å². The van der Waals surface area contributed by atoms with Gasteiger partial charge in [0.15, 0.2) is 5.82 Å². The third kappa shape index (κ3) is 6.14. The molecule has 2 aromatic heterocycles. The Bertz CT molecular complexity index is 1600. The largest absolute Gasteiger partial charge is 0.383 e. The third-order valence-corrected chi connectivity index (χ3v) is 10.2. The van der Waals surface area contributed by atoms with Crippen LogP contribution in [0.5, 0.6) is 0 Å². The molecule has 4 N–H and O–H groups in total. The lowest BCUT2D eigenvalue weighted by Crippen LogP contribution is -2.40. The normalized spacial score (nSPS) is 22.3. The molecule has 238 valence electrons. The quantitative estimate of drug-likeness (QED) is 0.223. The summed E-state index contributed by atoms with van der Waals surface area (Å²) < 4.78 is 1.71. The predicted molar refractivity (Wildman–Crippen MR) is 185 cm³/mol. The molecule has 0 saturated heterocycles. The number of aromatic nitrogens is 4. The van der Waals surface area contributed by atoms with Crippen molar-refractivity contribution in [2.24, 2.45) is 11.8 Å². The van der Waals surface area contributed by atoms with Crippen LogP contribution in [0.2, 0.25) is 0 Å². The van der Waals surface area contributed by atoms with Gasteiger partial charge in [-0.1, -0.05) is 57.6 Å². The lowest BCUT2D eigenvalue weighted by molar-refractivity contribution is 0.143. The average Bonchev–Trinajstić information content (AvgIpc) is 3.26. The first-order valence-electron chi connectivity index (χ1n) is 17.3. The molecule has 1 unspecified atom stereocenters. The number of rotatable bonds is 9. The maximum Gasteiger partial charge on any atom is 0.248 e. The van der Waals surface area contributed by atoms with Crippen molar-refractivity contribution in [1.29, 1.82) is 0 Å². The van der Waals surface area contributed by atoms with Gasteiger partial charge in [-0.3, -0.25) is 4.90 Å². The van der Waals surface area contributed by atoms with Crippen LogP contribution in [0.3, 0.4) is 0 Å². The minimum Gasteiger partial charge on any atom is -0.383 e. The zero-order chi connectivity index (χ0) is 31.1. The summed E-state index contributed by atoms with van der Waals surface area (Å²) in [6.07, 6.45) is 17.1. The molecule has 2 atom stereocenters. The van der Waals surface area contributed by atoms with E-state index >= 15 is 0 Å². The molecule has 8 nitrogen and oxygen atoms in total. The fraction of sp³-hybridized carbons (Fsp3) is 0.541. The van der Waals surface area contributed by atoms with E-state index in [1.165, 1.54) is 53.9 Å². The second-order valence-electron chi connectivity index (χ2n) is 14.6. The standard InChI is InChI=1S/C37H50N8/c1-24(2)22-44(23-25(3)4)30-11-8-27-7-10-29(20-28(27)9-12-30)40-36-42-35(38)45(43-36)33-21-31(34-32(41-33)6-5-19-39-34)37-16-13-26(14-17-37)15-18-37/h7,10,13-14,16,20-21,24-25,30,39H,5-6,8-9,11-12,15,17-19,22-23H2,1-4H3,(H3,38,40,42,43)/t30-,37?/m0/s1. The molecule has 8 heteroatoms. The number of fused-ring (bicyclic) bond motifs is 4. The first-order valence-corrected chi connectivity index (χ1v) is 17.3. The zero-order valence-corrected chi connectivity index (χ0v) is 27.6. The molecule has 0 fully saturated rings. The van der Waals surface area contributed by atoms with Gasteiger partial charge in [-0.15, -0.1) is 5.10 Å². The second kappa shape index (κ2) is 12.3. The Balaban J connectivity index is 1.12. The van der Waals surface area contributed by atoms with Crippen LogP contribution in [0, 0.1) is 11.8 Å². The van der Waals surface area contributed by atoms with E-state index in [9.17, 15) is 0 Å². The van der Waals surface area contributed by atoms with Gasteiger partial charge in [0.1, 0.15) is 0 Å². The first kappa shape index (κ1) is 30.0. The highest BCUT2D eigenvalue weighted by Crippen LogP contribution is 2.48. The average molecular weight is 607 g/mol. The lowest BCUT2D eigenvalue weighted by atomic mass is 9.65. The number of pyridine rings is 1. The third-order valence-electron chi connectivity index (χ3n) is 10.2. The second-order valence-corrected chi connectivity index (χ2v) is 14.6. The molecular weight excluding hydrogens is 556 g/mol. The van der Waals surface area contributed by atoms with Crippen LogP contribution in [0.1, 0.15) is 88.6 Å². The summed E-state index contributed by atoms with van der Waals surface area (Å²) in [6, 6.07) is 9.58. The van der Waals surface area contributed by atoms with Crippen LogP contribution in [0.25, 0.3) is 5.82 Å². The number of nitrogen functional groups attached to an aromatic ring is 1. The van der Waals surface area contributed by atoms with E-state index in [0.29, 0.717) is 29.8 Å². The smallest absolute Gasteiger partial charge is 0.248 e. The fourth-order valence-corrected chi connectivity index (χ4v) is 8.04. The molecular formula is C37H50N8. The summed E-state index contributed by atoms with van der Waals surface area (Å²) >= 11 is 0. The van der Waals surface area contributed by atoms with Crippen molar-refractivity contribution >= 4 is 23.3 Å². The van der Waals surface area contributed by atoms with E-state index in [1.807, 2.05) is 0 Å². The van der Waals surface area contributed by atoms with Gasteiger partial charge in [0.25, 0.3) is 0 Å². The van der Waals surface area contributed by atoms with Crippen molar-refractivity contribution < 1.29 is 0 Å². The van der Waals surface area contributed by atoms with Gasteiger partial charge in [0.05, 0.1) is 11.4 Å². The molecule has 3 heterocycles. The summed E-state index contributed by atoms with van der Waals surface area (Å²) in [7, 11) is 0. The van der Waals surface area contributed by atoms with Crippen molar-refractivity contribution in [3.8, 4) is 5.82 Å². The Morgan fingerprint density at radius 2 is 1.82 bits per heavy atom. The summed E-state index contributed by atoms with van der Waals surface area (Å²) in [6.45, 7) is 12.7. The number of nitrogens with two attached hydrogens (primary N) is 1. The van der Waals surface area contributed by atoms with Crippen molar-refractivity contribution in [3.05, 3.63) is 70.5 Å². The molecule has 3 aromatic rings. The number of hydrogen-bond acceptors (Lipinski definition) is 7. The molecule has 5 aliphatic rings. The molecule has 4 aliphatic carbocycles. The number of benzene rings is 1. The molecule has 0 amide bonds. The van der Waals surface area contributed by atoms with Gasteiger partial charge in [-0.05, 0) is 105 Å². The monoisotopic (exact) mass is 606 g/mol. The number of hydrogen-bond donors (Lipinski definition) is 3. The van der Waals surface area contributed by atoms with Gasteiger partial charge in [0.2, 0.25) is 11.9 Å². The molecule has 1 aliphatic heterocycles. The van der Waals surface area contributed by atoms with Crippen molar-refractivity contribution in [3.63, 3.8) is 0 Å². The Morgan fingerprint density at radius 1 is 1.02 bits per heavy atom. The van der Waals surface area contributed by atoms with Gasteiger partial charge < -0.3 is 16.4 Å². The van der Waals surface area contributed by atoms with Crippen LogP contribution >= 0.6 is 0 Å². The maximum atomic E-state index is 6.51. The molecule has 2 bridgehead atoms. The van der Waals surface area contributed by atoms with Crippen molar-refractivity contribution in [1.82, 2.24) is 24.6 Å². The molecule has 45 heavy (non-hydrogen) atoms. The van der Waals surface area contributed by atoms with Crippen LogP contribution in [-0.2, 0) is 24.7 Å². The number of anilines is 4. The van der Waals surface area contributed by atoms with Gasteiger partial charge in [0, 0.05) is 36.8 Å². The summed E-state index contributed by atoms with van der Waals surface area (Å²) in [4.78, 5) is 12.5. The van der Waals surface area contributed by atoms with E-state index < -0.39 is 0 Å². The Labute approximate surface area is 268 Å². The molecule has 0 saturated carbocycles. The van der Waals surface area contributed by atoms with Gasteiger partial charge in [-0.25, -0.2) is 4.98 Å². The minimum atomic E-state index is -0.00819. The first-order chi connectivity index (χ1) is 21.8. The topological polar surface area (TPSA) is 96.9 Å². The number of nitrogens with one attached hydrogen (secondary N) is 2. The molecule has 8 rings (SSSR count). The Hall–Kier alpha value is -3.65. The van der Waals surface area contributed by atoms with E-state index in [0.717, 1.165) is 68.7 Å². The lowest BCUT2D eigenvalue weighted by Gasteiger charge is -2.40. The summed E-state index contributed by atoms with van der Waals surface area (Å²) in [5.41, 5.74) is 15.5. The predicted octanol–water partition coefficient (Wildman–Crippen LogP) is 7.13. The highest BCUT2D eigenvalue weighted by atomic mass is 15.4. The molecule has 0 radical (unpaired) electrons. The maximum absolute atomic E-state index is 6.51. The van der Waals surface area contributed by atoms with E-state index in [-0.39, 0.29) is 5.41 Å². The van der Waals surface area contributed by atoms with E-state index in [2.05, 4.69) is 90.7 Å². The Morgan fingerprint density at radius 3 is 2.53 bits per heavy atom. The van der Waals surface area contributed by atoms with Crippen molar-refractivity contribution in [2.45, 2.75) is 96.9 Å². The van der Waals surface area contributed by atoms with Crippen LogP contribution in [0.15, 0.2) is 48.1 Å². The zero-order valence-electron chi connectivity index (χ0n) is 27.6. The van der Waals surface area contributed by atoms with Crippen LogP contribution in [0.4, 0.5) is 23.3 Å². The van der Waals surface area contributed by atoms with Crippen LogP contribution < -0.4 is 16.4 Å². The molecule has 1 aromatic carbocycles. The minimum absolute atomic E-state index is 0.00819. The summed E-state index contributed by atoms with van der Waals surface area (Å²) in [5, 5.41) is 12.0. The van der Waals surface area contributed by atoms with Crippen molar-refractivity contribution in [2.75, 3.05) is 36.0 Å². The van der Waals surface area contributed by atoms with Gasteiger partial charge >= 0.3 is 0 Å². The highest BCUT2D eigenvalue weighted by Gasteiger charge is 2.38.